The molecule has 0 amide bonds. The van der Waals surface area contributed by atoms with Crippen molar-refractivity contribution in [3.05, 3.63) is 41.0 Å². The van der Waals surface area contributed by atoms with Crippen LogP contribution in [0.25, 0.3) is 6.08 Å². The third kappa shape index (κ3) is 0.658. The minimum atomic E-state index is 0.362. The second-order valence-electron chi connectivity index (χ2n) is 3.29. The molecule has 1 aliphatic carbocycles. The Morgan fingerprint density at radius 2 is 2.17 bits per heavy atom. The maximum Gasteiger partial charge on any atom is 0.0968 e. The van der Waals surface area contributed by atoms with Gasteiger partial charge in [0.15, 0.2) is 0 Å². The quantitative estimate of drug-likeness (QED) is 0.546. The van der Waals surface area contributed by atoms with E-state index in [0.717, 1.165) is 6.42 Å². The Morgan fingerprint density at radius 3 is 3.17 bits per heavy atom. The van der Waals surface area contributed by atoms with Crippen molar-refractivity contribution in [2.24, 2.45) is 4.99 Å². The lowest BCUT2D eigenvalue weighted by molar-refractivity contribution is 0.904. The molecule has 0 radical (unpaired) electrons. The molecule has 0 saturated heterocycles. The van der Waals surface area contributed by atoms with E-state index in [9.17, 15) is 0 Å². The van der Waals surface area contributed by atoms with Crippen molar-refractivity contribution in [1.29, 1.82) is 0 Å². The summed E-state index contributed by atoms with van der Waals surface area (Å²) in [7, 11) is 0. The van der Waals surface area contributed by atoms with Gasteiger partial charge in [-0.2, -0.15) is 0 Å². The summed E-state index contributed by atoms with van der Waals surface area (Å²) in [5, 5.41) is 0. The molecule has 1 nitrogen and oxygen atoms in total. The minimum absolute atomic E-state index is 0.362. The van der Waals surface area contributed by atoms with Crippen molar-refractivity contribution >= 4 is 12.3 Å². The van der Waals surface area contributed by atoms with Gasteiger partial charge in [0.1, 0.15) is 0 Å². The van der Waals surface area contributed by atoms with Crippen molar-refractivity contribution in [1.82, 2.24) is 0 Å². The molecule has 1 aromatic carbocycles. The van der Waals surface area contributed by atoms with Crippen molar-refractivity contribution in [3.8, 4) is 0 Å². The summed E-state index contributed by atoms with van der Waals surface area (Å²) >= 11 is 0. The summed E-state index contributed by atoms with van der Waals surface area (Å²) in [6.07, 6.45) is 5.33. The molecule has 1 unspecified atom stereocenters. The van der Waals surface area contributed by atoms with Gasteiger partial charge in [-0.15, -0.1) is 0 Å². The van der Waals surface area contributed by atoms with Gasteiger partial charge in [0.2, 0.25) is 0 Å². The standard InChI is InChI=1S/C11H9N/c1-2-4-10-8(3-1)7-9-5-6-12-11(9)10/h1-4,6-7,11H,5H2. The van der Waals surface area contributed by atoms with E-state index in [2.05, 4.69) is 35.3 Å². The van der Waals surface area contributed by atoms with E-state index in [1.54, 1.807) is 0 Å². The molecule has 0 saturated carbocycles. The summed E-state index contributed by atoms with van der Waals surface area (Å²) in [5.74, 6) is 0. The maximum absolute atomic E-state index is 4.45. The Labute approximate surface area is 71.5 Å². The Morgan fingerprint density at radius 1 is 1.25 bits per heavy atom. The Bertz CT molecular complexity index is 388. The fourth-order valence-corrected chi connectivity index (χ4v) is 1.98. The predicted octanol–water partition coefficient (Wildman–Crippen LogP) is 2.60. The van der Waals surface area contributed by atoms with Crippen LogP contribution in [-0.2, 0) is 0 Å². The second kappa shape index (κ2) is 2.07. The van der Waals surface area contributed by atoms with E-state index < -0.39 is 0 Å². The number of aliphatic imine (C=N–C) groups is 1. The first-order valence-electron chi connectivity index (χ1n) is 4.26. The molecule has 58 valence electrons. The maximum atomic E-state index is 4.45. The minimum Gasteiger partial charge on any atom is -0.285 e. The van der Waals surface area contributed by atoms with E-state index >= 15 is 0 Å². The van der Waals surface area contributed by atoms with Crippen LogP contribution >= 0.6 is 0 Å². The third-order valence-corrected chi connectivity index (χ3v) is 2.56. The van der Waals surface area contributed by atoms with Gasteiger partial charge < -0.3 is 0 Å². The number of hydrogen-bond donors (Lipinski definition) is 0. The van der Waals surface area contributed by atoms with E-state index in [0.29, 0.717) is 6.04 Å². The molecule has 2 aliphatic rings. The highest BCUT2D eigenvalue weighted by atomic mass is 14.8. The van der Waals surface area contributed by atoms with Crippen LogP contribution in [0.15, 0.2) is 34.8 Å². The van der Waals surface area contributed by atoms with Crippen LogP contribution in [0.4, 0.5) is 0 Å². The fourth-order valence-electron chi connectivity index (χ4n) is 1.98. The highest BCUT2D eigenvalue weighted by Gasteiger charge is 2.25. The summed E-state index contributed by atoms with van der Waals surface area (Å²) in [5.41, 5.74) is 4.19. The van der Waals surface area contributed by atoms with E-state index in [1.807, 2.05) is 6.21 Å². The molecule has 0 fully saturated rings. The van der Waals surface area contributed by atoms with Gasteiger partial charge in [0.25, 0.3) is 0 Å². The summed E-state index contributed by atoms with van der Waals surface area (Å²) < 4.78 is 0. The smallest absolute Gasteiger partial charge is 0.0968 e. The molecule has 1 aromatic rings. The molecule has 3 rings (SSSR count). The predicted molar refractivity (Wildman–Crippen MR) is 50.3 cm³/mol. The molecule has 0 bridgehead atoms. The average Bonchev–Trinajstić information content (AvgIpc) is 2.62. The second-order valence-corrected chi connectivity index (χ2v) is 3.29. The number of hydrogen-bond acceptors (Lipinski definition) is 1. The monoisotopic (exact) mass is 155 g/mol. The first kappa shape index (κ1) is 6.18. The van der Waals surface area contributed by atoms with Crippen molar-refractivity contribution in [3.63, 3.8) is 0 Å². The van der Waals surface area contributed by atoms with Crippen molar-refractivity contribution < 1.29 is 0 Å². The first-order chi connectivity index (χ1) is 5.95. The van der Waals surface area contributed by atoms with Gasteiger partial charge in [0.05, 0.1) is 6.04 Å². The molecule has 12 heavy (non-hydrogen) atoms. The molecule has 1 atom stereocenters. The highest BCUT2D eigenvalue weighted by Crippen LogP contribution is 2.40. The summed E-state index contributed by atoms with van der Waals surface area (Å²) in [4.78, 5) is 4.45. The number of benzene rings is 1. The van der Waals surface area contributed by atoms with Crippen LogP contribution in [0.2, 0.25) is 0 Å². The zero-order valence-electron chi connectivity index (χ0n) is 6.70. The van der Waals surface area contributed by atoms with Crippen LogP contribution in [0.3, 0.4) is 0 Å². The fraction of sp³-hybridized carbons (Fsp3) is 0.182. The molecule has 0 aromatic heterocycles. The van der Waals surface area contributed by atoms with Gasteiger partial charge >= 0.3 is 0 Å². The van der Waals surface area contributed by atoms with Crippen LogP contribution < -0.4 is 0 Å². The van der Waals surface area contributed by atoms with Gasteiger partial charge in [-0.05, 0) is 16.7 Å². The first-order valence-corrected chi connectivity index (χ1v) is 4.26. The normalized spacial score (nSPS) is 23.7. The molecule has 1 heteroatoms. The Hall–Kier alpha value is -1.37. The van der Waals surface area contributed by atoms with E-state index in [4.69, 9.17) is 0 Å². The van der Waals surface area contributed by atoms with E-state index in [1.165, 1.54) is 16.7 Å². The van der Waals surface area contributed by atoms with E-state index in [-0.39, 0.29) is 0 Å². The molecule has 0 spiro atoms. The average molecular weight is 155 g/mol. The summed E-state index contributed by atoms with van der Waals surface area (Å²) in [6.45, 7) is 0. The molecular weight excluding hydrogens is 146 g/mol. The Balaban J connectivity index is 2.23. The van der Waals surface area contributed by atoms with Gasteiger partial charge in [-0.3, -0.25) is 4.99 Å². The lowest BCUT2D eigenvalue weighted by atomic mass is 10.1. The number of rotatable bonds is 0. The molecular formula is C11H9N. The third-order valence-electron chi connectivity index (χ3n) is 2.56. The highest BCUT2D eigenvalue weighted by molar-refractivity contribution is 5.77. The van der Waals surface area contributed by atoms with Crippen molar-refractivity contribution in [2.75, 3.05) is 0 Å². The lowest BCUT2D eigenvalue weighted by Crippen LogP contribution is -1.88. The lowest BCUT2D eigenvalue weighted by Gasteiger charge is -2.03. The largest absolute Gasteiger partial charge is 0.285 e. The zero-order valence-corrected chi connectivity index (χ0v) is 6.70. The zero-order chi connectivity index (χ0) is 7.97. The topological polar surface area (TPSA) is 12.4 Å². The molecule has 0 N–H and O–H groups in total. The number of fused-ring (bicyclic) bond motifs is 3. The van der Waals surface area contributed by atoms with Crippen LogP contribution in [0.1, 0.15) is 23.6 Å². The van der Waals surface area contributed by atoms with Crippen molar-refractivity contribution in [2.45, 2.75) is 12.5 Å². The molecule has 1 heterocycles. The molecule has 1 aliphatic heterocycles. The Kier molecular flexibility index (Phi) is 1.06. The van der Waals surface area contributed by atoms with Crippen LogP contribution in [-0.4, -0.2) is 6.21 Å². The van der Waals surface area contributed by atoms with Crippen LogP contribution in [0.5, 0.6) is 0 Å². The van der Waals surface area contributed by atoms with Gasteiger partial charge in [0, 0.05) is 12.6 Å². The SMILES string of the molecule is C1=NC2C(=Cc3ccccc32)C1. The summed E-state index contributed by atoms with van der Waals surface area (Å²) in [6, 6.07) is 8.87. The van der Waals surface area contributed by atoms with Crippen LogP contribution in [0, 0.1) is 0 Å². The number of nitrogens with zero attached hydrogens (tertiary/aromatic N) is 1. The van der Waals surface area contributed by atoms with Gasteiger partial charge in [-0.25, -0.2) is 0 Å². The van der Waals surface area contributed by atoms with Gasteiger partial charge in [-0.1, -0.05) is 30.3 Å².